The fourth-order valence-corrected chi connectivity index (χ4v) is 8.26. The summed E-state index contributed by atoms with van der Waals surface area (Å²) in [5.74, 6) is 0. The number of benzene rings is 1. The van der Waals surface area contributed by atoms with E-state index in [9.17, 15) is 0 Å². The average Bonchev–Trinajstić information content (AvgIpc) is 2.24. The van der Waals surface area contributed by atoms with Crippen molar-refractivity contribution < 1.29 is 0 Å². The first-order valence-corrected chi connectivity index (χ1v) is 14.1. The summed E-state index contributed by atoms with van der Waals surface area (Å²) < 4.78 is 5.80. The first-order chi connectivity index (χ1) is 7.36. The fraction of sp³-hybridized carbons (Fsp3) is 0.538. The molecule has 0 N–H and O–H groups in total. The third-order valence-corrected chi connectivity index (χ3v) is 11.3. The number of hydrogen-bond acceptors (Lipinski definition) is 1. The zero-order valence-electron chi connectivity index (χ0n) is 9.65. The molecule has 15 heavy (non-hydrogen) atoms. The SMILES string of the molecule is [CH3][In]1[CH2]CCN(c2ccccc2)CC[CH2]1. The Balaban J connectivity index is 1.98. The molecular weight excluding hydrogens is 285 g/mol. The van der Waals surface area contributed by atoms with Crippen LogP contribution >= 0.6 is 0 Å². The average molecular weight is 305 g/mol. The van der Waals surface area contributed by atoms with Crippen LogP contribution in [0.5, 0.6) is 0 Å². The van der Waals surface area contributed by atoms with Gasteiger partial charge in [0.1, 0.15) is 0 Å². The van der Waals surface area contributed by atoms with Gasteiger partial charge < -0.3 is 0 Å². The molecule has 0 aromatic heterocycles. The normalized spacial score (nSPS) is 18.5. The van der Waals surface area contributed by atoms with Gasteiger partial charge in [-0.25, -0.2) is 0 Å². The second kappa shape index (κ2) is 5.83. The van der Waals surface area contributed by atoms with Crippen LogP contribution in [0.25, 0.3) is 0 Å². The van der Waals surface area contributed by atoms with Gasteiger partial charge in [-0.2, -0.15) is 0 Å². The molecule has 0 saturated carbocycles. The number of rotatable bonds is 1. The van der Waals surface area contributed by atoms with Gasteiger partial charge in [0, 0.05) is 0 Å². The topological polar surface area (TPSA) is 3.24 Å². The van der Waals surface area contributed by atoms with Gasteiger partial charge in [0.25, 0.3) is 0 Å². The van der Waals surface area contributed by atoms with Gasteiger partial charge in [0.05, 0.1) is 0 Å². The molecule has 1 aliphatic rings. The Morgan fingerprint density at radius 2 is 1.60 bits per heavy atom. The quantitative estimate of drug-likeness (QED) is 0.768. The van der Waals surface area contributed by atoms with Crippen LogP contribution < -0.4 is 4.90 Å². The van der Waals surface area contributed by atoms with Crippen LogP contribution in [0.15, 0.2) is 30.3 Å². The zero-order valence-corrected chi connectivity index (χ0v) is 12.9. The van der Waals surface area contributed by atoms with Crippen LogP contribution in [0.1, 0.15) is 12.8 Å². The Morgan fingerprint density at radius 3 is 2.20 bits per heavy atom. The van der Waals surface area contributed by atoms with E-state index in [4.69, 9.17) is 0 Å². The second-order valence-electron chi connectivity index (χ2n) is 4.71. The Bertz CT molecular complexity index is 276. The Morgan fingerprint density at radius 1 is 1.00 bits per heavy atom. The molecule has 0 spiro atoms. The van der Waals surface area contributed by atoms with Gasteiger partial charge in [0.2, 0.25) is 0 Å². The molecule has 0 aliphatic carbocycles. The van der Waals surface area contributed by atoms with Crippen LogP contribution in [-0.2, 0) is 0 Å². The van der Waals surface area contributed by atoms with Crippen LogP contribution in [0.4, 0.5) is 5.69 Å². The number of para-hydroxylation sites is 1. The summed E-state index contributed by atoms with van der Waals surface area (Å²) in [6.45, 7) is 2.57. The van der Waals surface area contributed by atoms with Crippen molar-refractivity contribution in [1.82, 2.24) is 0 Å². The van der Waals surface area contributed by atoms with E-state index >= 15 is 0 Å². The number of anilines is 1. The van der Waals surface area contributed by atoms with Gasteiger partial charge in [0.15, 0.2) is 0 Å². The first-order valence-electron chi connectivity index (χ1n) is 6.16. The van der Waals surface area contributed by atoms with E-state index in [0.717, 1.165) is 0 Å². The third-order valence-electron chi connectivity index (χ3n) is 3.37. The van der Waals surface area contributed by atoms with Gasteiger partial charge in [-0.1, -0.05) is 0 Å². The molecule has 0 radical (unpaired) electrons. The molecular formula is C13H20InN. The Hall–Kier alpha value is -0.110. The van der Waals surface area contributed by atoms with Crippen molar-refractivity contribution >= 4 is 27.1 Å². The summed E-state index contributed by atoms with van der Waals surface area (Å²) in [4.78, 5) is 2.57. The molecule has 1 heterocycles. The molecule has 0 unspecified atom stereocenters. The molecule has 1 aromatic carbocycles. The van der Waals surface area contributed by atoms with Gasteiger partial charge in [-0.3, -0.25) is 0 Å². The van der Waals surface area contributed by atoms with Crippen molar-refractivity contribution in [3.8, 4) is 0 Å². The van der Waals surface area contributed by atoms with Gasteiger partial charge in [-0.05, 0) is 0 Å². The van der Waals surface area contributed by atoms with Crippen molar-refractivity contribution in [3.63, 3.8) is 0 Å². The summed E-state index contributed by atoms with van der Waals surface area (Å²) in [5.41, 5.74) is 1.42. The molecule has 0 amide bonds. The van der Waals surface area contributed by atoms with Crippen LogP contribution in [0, 0.1) is 0 Å². The standard InChI is InChI=1S/C12H17N.CH3.In/c1-3-10-13(11-4-2)12-8-6-5-7-9-12;;/h5-9H,1-4,10-11H2;1H3;. The van der Waals surface area contributed by atoms with Gasteiger partial charge in [-0.15, -0.1) is 0 Å². The van der Waals surface area contributed by atoms with Crippen molar-refractivity contribution in [2.45, 2.75) is 25.9 Å². The van der Waals surface area contributed by atoms with Crippen molar-refractivity contribution in [3.05, 3.63) is 30.3 Å². The van der Waals surface area contributed by atoms with E-state index in [-0.39, 0.29) is 0 Å². The zero-order chi connectivity index (χ0) is 10.5. The molecule has 1 aromatic rings. The Labute approximate surface area is 101 Å². The third kappa shape index (κ3) is 3.44. The number of hydrogen-bond donors (Lipinski definition) is 0. The number of nitrogens with zero attached hydrogens (tertiary/aromatic N) is 1. The minimum atomic E-state index is -0.956. The van der Waals surface area contributed by atoms with Crippen LogP contribution in [0.2, 0.25) is 13.0 Å². The van der Waals surface area contributed by atoms with E-state index in [2.05, 4.69) is 39.9 Å². The molecule has 1 aliphatic heterocycles. The van der Waals surface area contributed by atoms with E-state index in [1.54, 1.807) is 8.35 Å². The van der Waals surface area contributed by atoms with E-state index in [1.165, 1.54) is 31.6 Å². The molecule has 1 nitrogen and oxygen atoms in total. The summed E-state index contributed by atoms with van der Waals surface area (Å²) in [6, 6.07) is 10.9. The van der Waals surface area contributed by atoms with Crippen LogP contribution in [0.3, 0.4) is 0 Å². The van der Waals surface area contributed by atoms with Crippen molar-refractivity contribution in [2.24, 2.45) is 0 Å². The molecule has 0 bridgehead atoms. The second-order valence-corrected chi connectivity index (χ2v) is 14.3. The monoisotopic (exact) mass is 305 g/mol. The molecule has 1 saturated heterocycles. The fourth-order valence-electron chi connectivity index (χ4n) is 2.41. The predicted octanol–water partition coefficient (Wildman–Crippen LogP) is 3.41. The summed E-state index contributed by atoms with van der Waals surface area (Å²) >= 11 is -0.956. The maximum atomic E-state index is 2.60. The van der Waals surface area contributed by atoms with Crippen molar-refractivity contribution in [2.75, 3.05) is 18.0 Å². The Kier molecular flexibility index (Phi) is 4.42. The van der Waals surface area contributed by atoms with E-state index in [0.29, 0.717) is 0 Å². The molecule has 2 rings (SSSR count). The van der Waals surface area contributed by atoms with E-state index in [1.807, 2.05) is 0 Å². The van der Waals surface area contributed by atoms with Crippen LogP contribution in [-0.4, -0.2) is 34.5 Å². The summed E-state index contributed by atoms with van der Waals surface area (Å²) in [6.07, 6.45) is 2.87. The molecule has 1 fully saturated rings. The molecule has 2 heteroatoms. The molecule has 80 valence electrons. The van der Waals surface area contributed by atoms with Crippen molar-refractivity contribution in [1.29, 1.82) is 0 Å². The molecule has 0 atom stereocenters. The first kappa shape index (κ1) is 11.4. The summed E-state index contributed by atoms with van der Waals surface area (Å²) in [7, 11) is 0. The summed E-state index contributed by atoms with van der Waals surface area (Å²) in [5, 5.41) is 0. The van der Waals surface area contributed by atoms with E-state index < -0.39 is 21.4 Å². The maximum absolute atomic E-state index is 2.60. The predicted molar refractivity (Wildman–Crippen MR) is 69.1 cm³/mol. The van der Waals surface area contributed by atoms with Gasteiger partial charge >= 0.3 is 101 Å². The minimum absolute atomic E-state index is 0.956.